The summed E-state index contributed by atoms with van der Waals surface area (Å²) in [4.78, 5) is 11.2. The van der Waals surface area contributed by atoms with E-state index >= 15 is 0 Å². The number of carboxylic acid groups (broad SMARTS) is 1. The minimum atomic E-state index is -1.05. The number of carbonyl (C=O) groups is 1. The monoisotopic (exact) mass is 365 g/mol. The lowest BCUT2D eigenvalue weighted by Crippen LogP contribution is -2.43. The van der Waals surface area contributed by atoms with Gasteiger partial charge in [-0.25, -0.2) is 4.79 Å². The van der Waals surface area contributed by atoms with E-state index in [0.717, 1.165) is 16.7 Å². The van der Waals surface area contributed by atoms with Gasteiger partial charge in [0.15, 0.2) is 0 Å². The van der Waals surface area contributed by atoms with Gasteiger partial charge < -0.3 is 15.2 Å². The third-order valence-electron chi connectivity index (χ3n) is 4.24. The molecule has 0 bridgehead atoms. The van der Waals surface area contributed by atoms with Crippen LogP contribution in [0.3, 0.4) is 0 Å². The summed E-state index contributed by atoms with van der Waals surface area (Å²) < 4.78 is 5.87. The first-order chi connectivity index (χ1) is 11.3. The van der Waals surface area contributed by atoms with Crippen LogP contribution in [0.25, 0.3) is 11.1 Å². The maximum Gasteiger partial charge on any atom is 0.405 e. The summed E-state index contributed by atoms with van der Waals surface area (Å²) in [6, 6.07) is 10.8. The largest absolute Gasteiger partial charge is 0.493 e. The molecule has 0 saturated heterocycles. The molecule has 126 valence electrons. The number of benzene rings is 2. The van der Waals surface area contributed by atoms with Crippen LogP contribution < -0.4 is 10.1 Å². The highest BCUT2D eigenvalue weighted by Gasteiger charge is 2.38. The van der Waals surface area contributed by atoms with E-state index < -0.39 is 6.09 Å². The fourth-order valence-electron chi connectivity index (χ4n) is 2.96. The predicted octanol–water partition coefficient (Wildman–Crippen LogP) is 5.39. The van der Waals surface area contributed by atoms with Crippen molar-refractivity contribution in [2.75, 3.05) is 6.61 Å². The second-order valence-corrected chi connectivity index (χ2v) is 7.30. The Kier molecular flexibility index (Phi) is 4.37. The minimum Gasteiger partial charge on any atom is -0.493 e. The fourth-order valence-corrected chi connectivity index (χ4v) is 3.37. The number of hydrogen-bond donors (Lipinski definition) is 2. The molecule has 1 amide bonds. The second-order valence-electron chi connectivity index (χ2n) is 6.51. The molecular weight excluding hydrogens is 349 g/mol. The Morgan fingerprint density at radius 3 is 2.75 bits per heavy atom. The molecule has 1 aliphatic rings. The van der Waals surface area contributed by atoms with Crippen LogP contribution in [0.2, 0.25) is 10.0 Å². The Bertz CT molecular complexity index is 805. The maximum absolute atomic E-state index is 11.2. The van der Waals surface area contributed by atoms with Gasteiger partial charge in [-0.15, -0.1) is 0 Å². The summed E-state index contributed by atoms with van der Waals surface area (Å²) in [6.45, 7) is 4.36. The highest BCUT2D eigenvalue weighted by Crippen LogP contribution is 2.45. The van der Waals surface area contributed by atoms with Crippen molar-refractivity contribution in [2.24, 2.45) is 5.41 Å². The molecular formula is C18H17Cl2NO3. The van der Waals surface area contributed by atoms with E-state index in [1.165, 1.54) is 0 Å². The molecule has 1 aliphatic heterocycles. The Balaban J connectivity index is 2.06. The number of amides is 1. The van der Waals surface area contributed by atoms with Crippen LogP contribution in [0.4, 0.5) is 4.79 Å². The summed E-state index contributed by atoms with van der Waals surface area (Å²) in [6.07, 6.45) is -1.05. The van der Waals surface area contributed by atoms with Crippen LogP contribution in [0.15, 0.2) is 36.4 Å². The molecule has 0 saturated carbocycles. The number of ether oxygens (including phenoxy) is 1. The molecule has 3 rings (SSSR count). The van der Waals surface area contributed by atoms with Gasteiger partial charge in [-0.3, -0.25) is 0 Å². The van der Waals surface area contributed by atoms with Gasteiger partial charge >= 0.3 is 6.09 Å². The second kappa shape index (κ2) is 6.19. The third kappa shape index (κ3) is 3.04. The number of nitrogens with one attached hydrogen (secondary N) is 1. The van der Waals surface area contributed by atoms with Crippen molar-refractivity contribution in [1.82, 2.24) is 5.32 Å². The topological polar surface area (TPSA) is 58.6 Å². The van der Waals surface area contributed by atoms with E-state index in [1.54, 1.807) is 6.07 Å². The van der Waals surface area contributed by atoms with E-state index in [4.69, 9.17) is 33.0 Å². The van der Waals surface area contributed by atoms with Crippen molar-refractivity contribution >= 4 is 29.3 Å². The molecule has 2 aromatic carbocycles. The van der Waals surface area contributed by atoms with Gasteiger partial charge in [-0.1, -0.05) is 61.3 Å². The Hall–Kier alpha value is -1.91. The van der Waals surface area contributed by atoms with Crippen molar-refractivity contribution in [1.29, 1.82) is 0 Å². The molecule has 0 aromatic heterocycles. The predicted molar refractivity (Wildman–Crippen MR) is 95.1 cm³/mol. The van der Waals surface area contributed by atoms with Crippen LogP contribution in [0.1, 0.15) is 25.5 Å². The molecule has 2 N–H and O–H groups in total. The van der Waals surface area contributed by atoms with Crippen molar-refractivity contribution in [3.63, 3.8) is 0 Å². The van der Waals surface area contributed by atoms with E-state index in [-0.39, 0.29) is 11.5 Å². The van der Waals surface area contributed by atoms with Crippen LogP contribution >= 0.6 is 23.2 Å². The number of rotatable bonds is 2. The van der Waals surface area contributed by atoms with Gasteiger partial charge in [0, 0.05) is 16.5 Å². The molecule has 1 heterocycles. The molecule has 0 aliphatic carbocycles. The van der Waals surface area contributed by atoms with Gasteiger partial charge in [0.1, 0.15) is 5.75 Å². The zero-order chi connectivity index (χ0) is 17.5. The quantitative estimate of drug-likeness (QED) is 0.749. The van der Waals surface area contributed by atoms with Gasteiger partial charge in [0.05, 0.1) is 22.7 Å². The van der Waals surface area contributed by atoms with Crippen molar-refractivity contribution in [3.8, 4) is 16.9 Å². The van der Waals surface area contributed by atoms with Crippen molar-refractivity contribution in [3.05, 3.63) is 52.0 Å². The van der Waals surface area contributed by atoms with Gasteiger partial charge in [-0.05, 0) is 17.7 Å². The lowest BCUT2D eigenvalue weighted by atomic mass is 9.78. The molecule has 2 aromatic rings. The first-order valence-corrected chi connectivity index (χ1v) is 8.26. The van der Waals surface area contributed by atoms with Crippen LogP contribution in [0, 0.1) is 5.41 Å². The highest BCUT2D eigenvalue weighted by molar-refractivity contribution is 6.43. The lowest BCUT2D eigenvalue weighted by Gasteiger charge is -2.39. The molecule has 0 radical (unpaired) electrons. The smallest absolute Gasteiger partial charge is 0.405 e. The van der Waals surface area contributed by atoms with Crippen LogP contribution in [-0.2, 0) is 0 Å². The summed E-state index contributed by atoms with van der Waals surface area (Å²) in [5, 5.41) is 12.7. The van der Waals surface area contributed by atoms with Crippen molar-refractivity contribution < 1.29 is 14.6 Å². The first kappa shape index (κ1) is 16.9. The molecule has 4 nitrogen and oxygen atoms in total. The van der Waals surface area contributed by atoms with E-state index in [2.05, 4.69) is 5.32 Å². The summed E-state index contributed by atoms with van der Waals surface area (Å²) in [5.41, 5.74) is 2.15. The number of hydrogen-bond acceptors (Lipinski definition) is 2. The summed E-state index contributed by atoms with van der Waals surface area (Å²) in [7, 11) is 0. The zero-order valence-electron chi connectivity index (χ0n) is 13.3. The van der Waals surface area contributed by atoms with Gasteiger partial charge in [-0.2, -0.15) is 0 Å². The lowest BCUT2D eigenvalue weighted by molar-refractivity contribution is 0.0996. The number of fused-ring (bicyclic) bond motifs is 1. The van der Waals surface area contributed by atoms with Crippen molar-refractivity contribution in [2.45, 2.75) is 19.9 Å². The maximum atomic E-state index is 11.2. The average molecular weight is 366 g/mol. The Morgan fingerprint density at radius 2 is 2.04 bits per heavy atom. The first-order valence-electron chi connectivity index (χ1n) is 7.50. The fraction of sp³-hybridized carbons (Fsp3) is 0.278. The normalized spacial score (nSPS) is 18.4. The van der Waals surface area contributed by atoms with E-state index in [0.29, 0.717) is 22.4 Å². The van der Waals surface area contributed by atoms with Crippen LogP contribution in [-0.4, -0.2) is 17.8 Å². The SMILES string of the molecule is CC1(C)COc2cc(-c3cccc(Cl)c3Cl)ccc2C1NC(=O)O. The minimum absolute atomic E-state index is 0.345. The van der Waals surface area contributed by atoms with Gasteiger partial charge in [0.2, 0.25) is 0 Å². The molecule has 1 unspecified atom stereocenters. The van der Waals surface area contributed by atoms with E-state index in [9.17, 15) is 4.79 Å². The molecule has 24 heavy (non-hydrogen) atoms. The summed E-state index contributed by atoms with van der Waals surface area (Å²) >= 11 is 12.4. The Morgan fingerprint density at radius 1 is 1.29 bits per heavy atom. The Labute approximate surface area is 150 Å². The molecule has 0 fully saturated rings. The zero-order valence-corrected chi connectivity index (χ0v) is 14.8. The number of halogens is 2. The standard InChI is InChI=1S/C18H17Cl2NO3/c1-18(2)9-24-14-8-10(11-4-3-5-13(19)15(11)20)6-7-12(14)16(18)21-17(22)23/h3-8,16,21H,9H2,1-2H3,(H,22,23). The van der Waals surface area contributed by atoms with Crippen LogP contribution in [0.5, 0.6) is 5.75 Å². The molecule has 0 spiro atoms. The third-order valence-corrected chi connectivity index (χ3v) is 5.06. The average Bonchev–Trinajstić information content (AvgIpc) is 2.52. The summed E-state index contributed by atoms with van der Waals surface area (Å²) in [5.74, 6) is 0.654. The molecule has 1 atom stereocenters. The highest BCUT2D eigenvalue weighted by atomic mass is 35.5. The van der Waals surface area contributed by atoms with Gasteiger partial charge in [0.25, 0.3) is 0 Å². The van der Waals surface area contributed by atoms with E-state index in [1.807, 2.05) is 44.2 Å². The molecule has 6 heteroatoms.